The Labute approximate surface area is 124 Å². The number of nitrogens with zero attached hydrogens (tertiary/aromatic N) is 3. The third-order valence-electron chi connectivity index (χ3n) is 2.81. The molecular weight excluding hydrogens is 294 g/mol. The lowest BCUT2D eigenvalue weighted by molar-refractivity contribution is 0.0940. The van der Waals surface area contributed by atoms with Crippen molar-refractivity contribution in [2.24, 2.45) is 0 Å². The summed E-state index contributed by atoms with van der Waals surface area (Å²) in [4.78, 5) is 15.5. The molecule has 6 nitrogen and oxygen atoms in total. The van der Waals surface area contributed by atoms with Crippen molar-refractivity contribution >= 4 is 5.91 Å². The molecule has 0 bridgehead atoms. The molecule has 1 atom stereocenters. The molecular formula is C14H12F2N4O2. The van der Waals surface area contributed by atoms with Crippen molar-refractivity contribution < 1.29 is 18.1 Å². The molecule has 1 N–H and O–H groups in total. The van der Waals surface area contributed by atoms with Crippen molar-refractivity contribution in [2.45, 2.75) is 25.8 Å². The molecule has 8 heteroatoms. The molecule has 0 spiro atoms. The lowest BCUT2D eigenvalue weighted by Crippen LogP contribution is -2.32. The number of benzene rings is 1. The van der Waals surface area contributed by atoms with E-state index < -0.39 is 12.3 Å². The molecule has 1 aromatic heterocycles. The summed E-state index contributed by atoms with van der Waals surface area (Å²) in [7, 11) is 0. The Balaban J connectivity index is 2.09. The molecule has 1 aromatic carbocycles. The maximum Gasteiger partial charge on any atom is 0.315 e. The Kier molecular flexibility index (Phi) is 4.78. The highest BCUT2D eigenvalue weighted by Crippen LogP contribution is 2.21. The van der Waals surface area contributed by atoms with Crippen molar-refractivity contribution in [1.82, 2.24) is 15.5 Å². The second-order valence-corrected chi connectivity index (χ2v) is 4.57. The number of rotatable bonds is 5. The van der Waals surface area contributed by atoms with Gasteiger partial charge in [-0.25, -0.2) is 0 Å². The van der Waals surface area contributed by atoms with E-state index >= 15 is 0 Å². The first-order chi connectivity index (χ1) is 10.5. The van der Waals surface area contributed by atoms with Gasteiger partial charge in [0.1, 0.15) is 0 Å². The number of hydrogen-bond donors (Lipinski definition) is 1. The van der Waals surface area contributed by atoms with Gasteiger partial charge in [0.15, 0.2) is 0 Å². The highest BCUT2D eigenvalue weighted by molar-refractivity contribution is 5.94. The topological polar surface area (TPSA) is 91.8 Å². The van der Waals surface area contributed by atoms with Gasteiger partial charge in [0.2, 0.25) is 5.82 Å². The quantitative estimate of drug-likeness (QED) is 0.917. The molecule has 0 saturated heterocycles. The number of nitriles is 1. The van der Waals surface area contributed by atoms with E-state index in [1.54, 1.807) is 6.92 Å². The van der Waals surface area contributed by atoms with Gasteiger partial charge in [0.05, 0.1) is 12.5 Å². The van der Waals surface area contributed by atoms with Crippen LogP contribution < -0.4 is 5.32 Å². The van der Waals surface area contributed by atoms with Gasteiger partial charge in [0.25, 0.3) is 11.8 Å². The zero-order valence-electron chi connectivity index (χ0n) is 11.6. The average molecular weight is 306 g/mol. The molecule has 2 aromatic rings. The number of nitrogens with one attached hydrogen (secondary N) is 1. The van der Waals surface area contributed by atoms with Gasteiger partial charge in [0, 0.05) is 17.2 Å². The Morgan fingerprint density at radius 1 is 1.41 bits per heavy atom. The zero-order chi connectivity index (χ0) is 16.1. The Bertz CT molecular complexity index is 692. The molecule has 0 radical (unpaired) electrons. The predicted octanol–water partition coefficient (Wildman–Crippen LogP) is 2.71. The van der Waals surface area contributed by atoms with Crippen LogP contribution in [0.2, 0.25) is 0 Å². The van der Waals surface area contributed by atoms with E-state index in [1.165, 1.54) is 24.3 Å². The van der Waals surface area contributed by atoms with E-state index in [4.69, 9.17) is 5.26 Å². The number of carbonyl (C=O) groups excluding carboxylic acids is 1. The maximum absolute atomic E-state index is 12.4. The van der Waals surface area contributed by atoms with Gasteiger partial charge >= 0.3 is 6.43 Å². The Hall–Kier alpha value is -2.82. The summed E-state index contributed by atoms with van der Waals surface area (Å²) >= 11 is 0. The molecule has 0 saturated carbocycles. The summed E-state index contributed by atoms with van der Waals surface area (Å²) in [5.74, 6) is -1.04. The van der Waals surface area contributed by atoms with Crippen LogP contribution in [0.15, 0.2) is 28.8 Å². The third kappa shape index (κ3) is 3.63. The summed E-state index contributed by atoms with van der Waals surface area (Å²) in [6.45, 7) is 1.72. The second-order valence-electron chi connectivity index (χ2n) is 4.57. The maximum atomic E-state index is 12.4. The van der Waals surface area contributed by atoms with Crippen molar-refractivity contribution in [3.05, 3.63) is 35.7 Å². The van der Waals surface area contributed by atoms with Crippen molar-refractivity contribution in [3.63, 3.8) is 0 Å². The fraction of sp³-hybridized carbons (Fsp3) is 0.286. The molecule has 1 unspecified atom stereocenters. The summed E-state index contributed by atoms with van der Waals surface area (Å²) in [6, 6.07) is 7.80. The summed E-state index contributed by atoms with van der Waals surface area (Å²) < 4.78 is 29.2. The molecule has 2 rings (SSSR count). The molecule has 0 aliphatic rings. The normalized spacial score (nSPS) is 12.0. The minimum absolute atomic E-state index is 0.0279. The second kappa shape index (κ2) is 6.76. The van der Waals surface area contributed by atoms with Crippen LogP contribution >= 0.6 is 0 Å². The SMILES string of the molecule is CC(CC#N)NC(=O)c1ccc(-c2noc(C(F)F)n2)cc1. The van der Waals surface area contributed by atoms with Gasteiger partial charge < -0.3 is 9.84 Å². The van der Waals surface area contributed by atoms with Gasteiger partial charge in [-0.15, -0.1) is 0 Å². The molecule has 1 amide bonds. The smallest absolute Gasteiger partial charge is 0.315 e. The van der Waals surface area contributed by atoms with Crippen molar-refractivity contribution in [1.29, 1.82) is 5.26 Å². The zero-order valence-corrected chi connectivity index (χ0v) is 11.6. The van der Waals surface area contributed by atoms with Crippen LogP contribution in [-0.2, 0) is 0 Å². The van der Waals surface area contributed by atoms with E-state index in [0.29, 0.717) is 11.1 Å². The van der Waals surface area contributed by atoms with E-state index in [0.717, 1.165) is 0 Å². The van der Waals surface area contributed by atoms with Crippen LogP contribution in [0.1, 0.15) is 36.0 Å². The van der Waals surface area contributed by atoms with Gasteiger partial charge in [-0.2, -0.15) is 19.0 Å². The minimum atomic E-state index is -2.83. The van der Waals surface area contributed by atoms with Crippen molar-refractivity contribution in [2.75, 3.05) is 0 Å². The third-order valence-corrected chi connectivity index (χ3v) is 2.81. The van der Waals surface area contributed by atoms with E-state index in [1.807, 2.05) is 6.07 Å². The first kappa shape index (κ1) is 15.6. The van der Waals surface area contributed by atoms with E-state index in [-0.39, 0.29) is 24.2 Å². The van der Waals surface area contributed by atoms with Crippen LogP contribution in [0.3, 0.4) is 0 Å². The molecule has 0 fully saturated rings. The molecule has 0 aliphatic heterocycles. The molecule has 22 heavy (non-hydrogen) atoms. The summed E-state index contributed by atoms with van der Waals surface area (Å²) in [6.07, 6.45) is -2.61. The Morgan fingerprint density at radius 3 is 2.64 bits per heavy atom. The van der Waals surface area contributed by atoms with Crippen LogP contribution in [0, 0.1) is 11.3 Å². The lowest BCUT2D eigenvalue weighted by atomic mass is 10.1. The number of alkyl halides is 2. The minimum Gasteiger partial charge on any atom is -0.349 e. The monoisotopic (exact) mass is 306 g/mol. The fourth-order valence-electron chi connectivity index (χ4n) is 1.71. The van der Waals surface area contributed by atoms with Crippen molar-refractivity contribution in [3.8, 4) is 17.5 Å². The average Bonchev–Trinajstić information content (AvgIpc) is 2.97. The lowest BCUT2D eigenvalue weighted by Gasteiger charge is -2.10. The largest absolute Gasteiger partial charge is 0.349 e. The molecule has 1 heterocycles. The number of amides is 1. The van der Waals surface area contributed by atoms with Gasteiger partial charge in [-0.1, -0.05) is 17.3 Å². The number of halogens is 2. The van der Waals surface area contributed by atoms with Crippen LogP contribution in [-0.4, -0.2) is 22.1 Å². The first-order valence-corrected chi connectivity index (χ1v) is 6.41. The van der Waals surface area contributed by atoms with E-state index in [2.05, 4.69) is 20.0 Å². The number of hydrogen-bond acceptors (Lipinski definition) is 5. The van der Waals surface area contributed by atoms with Gasteiger partial charge in [-0.05, 0) is 19.1 Å². The van der Waals surface area contributed by atoms with Crippen LogP contribution in [0.5, 0.6) is 0 Å². The highest BCUT2D eigenvalue weighted by Gasteiger charge is 2.17. The summed E-state index contributed by atoms with van der Waals surface area (Å²) in [5.41, 5.74) is 0.836. The van der Waals surface area contributed by atoms with Gasteiger partial charge in [-0.3, -0.25) is 4.79 Å². The van der Waals surface area contributed by atoms with Crippen LogP contribution in [0.4, 0.5) is 8.78 Å². The standard InChI is InChI=1S/C14H12F2N4O2/c1-8(6-7-17)18-13(21)10-4-2-9(3-5-10)12-19-14(11(15)16)22-20-12/h2-5,8,11H,6H2,1H3,(H,18,21). The Morgan fingerprint density at radius 2 is 2.09 bits per heavy atom. The number of aromatic nitrogens is 2. The van der Waals surface area contributed by atoms with E-state index in [9.17, 15) is 13.6 Å². The molecule has 114 valence electrons. The predicted molar refractivity (Wildman–Crippen MR) is 71.8 cm³/mol. The summed E-state index contributed by atoms with van der Waals surface area (Å²) in [5, 5.41) is 14.7. The molecule has 0 aliphatic carbocycles. The highest BCUT2D eigenvalue weighted by atomic mass is 19.3. The number of carbonyl (C=O) groups is 1. The van der Waals surface area contributed by atoms with Crippen LogP contribution in [0.25, 0.3) is 11.4 Å². The first-order valence-electron chi connectivity index (χ1n) is 6.41. The fourth-order valence-corrected chi connectivity index (χ4v) is 1.71.